The number of hydrogen-bond donors (Lipinski definition) is 0. The molecule has 3 aromatic carbocycles. The van der Waals surface area contributed by atoms with Gasteiger partial charge in [-0.05, 0) is 66.5 Å². The number of unbranched alkanes of at least 4 members (excludes halogenated alkanes) is 1. The molecule has 1 heterocycles. The highest BCUT2D eigenvalue weighted by Gasteiger charge is 2.18. The van der Waals surface area contributed by atoms with Gasteiger partial charge in [-0.15, -0.1) is 6.58 Å². The minimum Gasteiger partial charge on any atom is -0.493 e. The maximum atomic E-state index is 6.11. The van der Waals surface area contributed by atoms with Gasteiger partial charge in [0.2, 0.25) is 0 Å². The molecule has 0 saturated carbocycles. The fourth-order valence-corrected chi connectivity index (χ4v) is 4.75. The lowest BCUT2D eigenvalue weighted by atomic mass is 9.96. The third-order valence-electron chi connectivity index (χ3n) is 6.57. The van der Waals surface area contributed by atoms with Crippen LogP contribution in [0.1, 0.15) is 62.0 Å². The van der Waals surface area contributed by atoms with Crippen LogP contribution in [0.25, 0.3) is 11.0 Å². The van der Waals surface area contributed by atoms with Crippen molar-refractivity contribution >= 4 is 11.0 Å². The van der Waals surface area contributed by atoms with Crippen molar-refractivity contribution in [2.24, 2.45) is 5.92 Å². The fourth-order valence-electron chi connectivity index (χ4n) is 4.75. The highest BCUT2D eigenvalue weighted by molar-refractivity contribution is 5.76. The van der Waals surface area contributed by atoms with Gasteiger partial charge in [-0.2, -0.15) is 0 Å². The standard InChI is InChI=1S/C32H38N2O/c1-5-12-28-13-6-9-16-31(28)35-22-11-10-21-34-30-15-8-7-14-29(30)33-32(34)25(4)27-19-17-26(18-20-27)23-24(2)3/h5-9,13-20,24-25H,1,10-12,21-23H2,2-4H3. The van der Waals surface area contributed by atoms with Crippen LogP contribution in [0.2, 0.25) is 0 Å². The smallest absolute Gasteiger partial charge is 0.122 e. The first-order chi connectivity index (χ1) is 17.1. The van der Waals surface area contributed by atoms with E-state index in [1.165, 1.54) is 22.2 Å². The van der Waals surface area contributed by atoms with Crippen molar-refractivity contribution in [1.29, 1.82) is 0 Å². The number of nitrogens with zero attached hydrogens (tertiary/aromatic N) is 2. The van der Waals surface area contributed by atoms with Gasteiger partial charge in [0, 0.05) is 12.5 Å². The van der Waals surface area contributed by atoms with E-state index in [1.807, 2.05) is 12.1 Å². The zero-order valence-corrected chi connectivity index (χ0v) is 21.4. The molecule has 3 heteroatoms. The van der Waals surface area contributed by atoms with Crippen LogP contribution in [0.5, 0.6) is 5.75 Å². The first-order valence-electron chi connectivity index (χ1n) is 12.9. The quantitative estimate of drug-likeness (QED) is 0.156. The third-order valence-corrected chi connectivity index (χ3v) is 6.57. The third kappa shape index (κ3) is 6.22. The molecule has 0 amide bonds. The van der Waals surface area contributed by atoms with Crippen LogP contribution in [-0.4, -0.2) is 16.2 Å². The molecule has 1 atom stereocenters. The van der Waals surface area contributed by atoms with Gasteiger partial charge in [-0.1, -0.05) is 81.4 Å². The Labute approximate surface area is 210 Å². The van der Waals surface area contributed by atoms with Gasteiger partial charge in [0.1, 0.15) is 11.6 Å². The van der Waals surface area contributed by atoms with E-state index in [0.717, 1.165) is 49.3 Å². The second-order valence-corrected chi connectivity index (χ2v) is 9.83. The van der Waals surface area contributed by atoms with Gasteiger partial charge in [0.05, 0.1) is 17.6 Å². The summed E-state index contributed by atoms with van der Waals surface area (Å²) < 4.78 is 8.52. The van der Waals surface area contributed by atoms with Crippen molar-refractivity contribution in [2.75, 3.05) is 6.61 Å². The van der Waals surface area contributed by atoms with E-state index >= 15 is 0 Å². The molecule has 0 N–H and O–H groups in total. The van der Waals surface area contributed by atoms with Crippen LogP contribution in [0, 0.1) is 5.92 Å². The van der Waals surface area contributed by atoms with Crippen molar-refractivity contribution in [3.8, 4) is 5.75 Å². The summed E-state index contributed by atoms with van der Waals surface area (Å²) in [6.45, 7) is 12.3. The number of aromatic nitrogens is 2. The Kier molecular flexibility index (Phi) is 8.41. The van der Waals surface area contributed by atoms with Gasteiger partial charge in [-0.25, -0.2) is 4.98 Å². The van der Waals surface area contributed by atoms with Crippen molar-refractivity contribution in [3.05, 3.63) is 108 Å². The normalized spacial score (nSPS) is 12.2. The molecular formula is C32H38N2O. The number of aryl methyl sites for hydroxylation is 1. The van der Waals surface area contributed by atoms with Crippen LogP contribution in [0.3, 0.4) is 0 Å². The average Bonchev–Trinajstić information content (AvgIpc) is 3.23. The molecule has 0 aliphatic heterocycles. The second-order valence-electron chi connectivity index (χ2n) is 9.83. The summed E-state index contributed by atoms with van der Waals surface area (Å²) in [5.41, 5.74) is 6.19. The van der Waals surface area contributed by atoms with Crippen LogP contribution in [0.15, 0.2) is 85.5 Å². The zero-order valence-electron chi connectivity index (χ0n) is 21.4. The number of imidazole rings is 1. The van der Waals surface area contributed by atoms with Crippen LogP contribution in [-0.2, 0) is 19.4 Å². The number of hydrogen-bond acceptors (Lipinski definition) is 2. The molecule has 1 unspecified atom stereocenters. The second kappa shape index (κ2) is 11.9. The van der Waals surface area contributed by atoms with E-state index in [9.17, 15) is 0 Å². The first kappa shape index (κ1) is 24.8. The number of benzene rings is 3. The largest absolute Gasteiger partial charge is 0.493 e. The minimum absolute atomic E-state index is 0.234. The Morgan fingerprint density at radius 1 is 0.914 bits per heavy atom. The lowest BCUT2D eigenvalue weighted by Gasteiger charge is -2.16. The molecule has 3 nitrogen and oxygen atoms in total. The fraction of sp³-hybridized carbons (Fsp3) is 0.344. The lowest BCUT2D eigenvalue weighted by molar-refractivity contribution is 0.300. The Morgan fingerprint density at radius 3 is 2.43 bits per heavy atom. The van der Waals surface area contributed by atoms with E-state index in [2.05, 4.69) is 98.6 Å². The Hall–Kier alpha value is -3.33. The summed E-state index contributed by atoms with van der Waals surface area (Å²) in [6, 6.07) is 25.8. The summed E-state index contributed by atoms with van der Waals surface area (Å²) in [4.78, 5) is 5.06. The minimum atomic E-state index is 0.234. The molecule has 4 rings (SSSR count). The van der Waals surface area contributed by atoms with E-state index in [0.29, 0.717) is 12.5 Å². The Morgan fingerprint density at radius 2 is 1.66 bits per heavy atom. The summed E-state index contributed by atoms with van der Waals surface area (Å²) in [5.74, 6) is 3.01. The molecule has 1 aromatic heterocycles. The van der Waals surface area contributed by atoms with Gasteiger partial charge in [0.15, 0.2) is 0 Å². The summed E-state index contributed by atoms with van der Waals surface area (Å²) in [7, 11) is 0. The van der Waals surface area contributed by atoms with Crippen molar-refractivity contribution in [2.45, 2.75) is 58.9 Å². The maximum absolute atomic E-state index is 6.11. The number of allylic oxidation sites excluding steroid dienone is 1. The maximum Gasteiger partial charge on any atom is 0.122 e. The van der Waals surface area contributed by atoms with Crippen LogP contribution in [0.4, 0.5) is 0 Å². The SMILES string of the molecule is C=CCc1ccccc1OCCCCn1c(C(C)c2ccc(CC(C)C)cc2)nc2ccccc21. The van der Waals surface area contributed by atoms with Crippen molar-refractivity contribution in [1.82, 2.24) is 9.55 Å². The Balaban J connectivity index is 1.44. The molecule has 35 heavy (non-hydrogen) atoms. The molecule has 4 aromatic rings. The summed E-state index contributed by atoms with van der Waals surface area (Å²) >= 11 is 0. The van der Waals surface area contributed by atoms with Crippen LogP contribution < -0.4 is 4.74 Å². The lowest BCUT2D eigenvalue weighted by Crippen LogP contribution is -2.10. The molecule has 0 aliphatic carbocycles. The van der Waals surface area contributed by atoms with Gasteiger partial charge in [-0.3, -0.25) is 0 Å². The van der Waals surface area contributed by atoms with Crippen molar-refractivity contribution in [3.63, 3.8) is 0 Å². The van der Waals surface area contributed by atoms with E-state index < -0.39 is 0 Å². The number of fused-ring (bicyclic) bond motifs is 1. The van der Waals surface area contributed by atoms with E-state index in [1.54, 1.807) is 0 Å². The van der Waals surface area contributed by atoms with Gasteiger partial charge in [0.25, 0.3) is 0 Å². The monoisotopic (exact) mass is 466 g/mol. The zero-order chi connectivity index (χ0) is 24.6. The predicted octanol–water partition coefficient (Wildman–Crippen LogP) is 7.97. The van der Waals surface area contributed by atoms with Crippen molar-refractivity contribution < 1.29 is 4.74 Å². The molecule has 0 saturated heterocycles. The van der Waals surface area contributed by atoms with Gasteiger partial charge < -0.3 is 9.30 Å². The number of rotatable bonds is 12. The van der Waals surface area contributed by atoms with E-state index in [-0.39, 0.29) is 5.92 Å². The highest BCUT2D eigenvalue weighted by atomic mass is 16.5. The van der Waals surface area contributed by atoms with Gasteiger partial charge >= 0.3 is 0 Å². The molecule has 182 valence electrons. The average molecular weight is 467 g/mol. The topological polar surface area (TPSA) is 27.1 Å². The molecular weight excluding hydrogens is 428 g/mol. The van der Waals surface area contributed by atoms with E-state index in [4.69, 9.17) is 9.72 Å². The molecule has 0 spiro atoms. The molecule has 0 radical (unpaired) electrons. The molecule has 0 fully saturated rings. The highest BCUT2D eigenvalue weighted by Crippen LogP contribution is 2.28. The molecule has 0 aliphatic rings. The summed E-state index contributed by atoms with van der Waals surface area (Å²) in [5, 5.41) is 0. The predicted molar refractivity (Wildman–Crippen MR) is 147 cm³/mol. The molecule has 0 bridgehead atoms. The number of para-hydroxylation sites is 3. The summed E-state index contributed by atoms with van der Waals surface area (Å²) in [6.07, 6.45) is 5.90. The van der Waals surface area contributed by atoms with Crippen LogP contribution >= 0.6 is 0 Å². The Bertz CT molecular complexity index is 1240. The number of ether oxygens (including phenoxy) is 1. The first-order valence-corrected chi connectivity index (χ1v) is 12.9.